The van der Waals surface area contributed by atoms with Crippen LogP contribution in [0.4, 0.5) is 0 Å². The number of nitrogens with one attached hydrogen (secondary N) is 1. The fraction of sp³-hybridized carbons (Fsp3) is 0.286. The molecule has 0 bridgehead atoms. The van der Waals surface area contributed by atoms with Crippen molar-refractivity contribution in [2.75, 3.05) is 12.9 Å². The van der Waals surface area contributed by atoms with Crippen LogP contribution in [0.1, 0.15) is 11.1 Å². The van der Waals surface area contributed by atoms with E-state index in [4.69, 9.17) is 4.74 Å². The predicted molar refractivity (Wildman–Crippen MR) is 75.7 cm³/mol. The number of hydrogen-bond acceptors (Lipinski definition) is 4. The van der Waals surface area contributed by atoms with Crippen LogP contribution < -0.4 is 0 Å². The van der Waals surface area contributed by atoms with E-state index in [0.29, 0.717) is 13.0 Å². The molecule has 6 heteroatoms. The summed E-state index contributed by atoms with van der Waals surface area (Å²) < 4.78 is 16.4. The molecule has 0 aliphatic carbocycles. The number of aromatic amines is 1. The monoisotopic (exact) mass is 292 g/mol. The second kappa shape index (κ2) is 7.00. The Labute approximate surface area is 119 Å². The van der Waals surface area contributed by atoms with Crippen LogP contribution in [0.5, 0.6) is 0 Å². The van der Waals surface area contributed by atoms with Gasteiger partial charge in [0, 0.05) is 34.6 Å². The molecular weight excluding hydrogens is 276 g/mol. The van der Waals surface area contributed by atoms with Crippen molar-refractivity contribution in [1.82, 2.24) is 10.2 Å². The highest BCUT2D eigenvalue weighted by Gasteiger charge is 2.06. The minimum Gasteiger partial charge on any atom is -0.465 e. The lowest BCUT2D eigenvalue weighted by molar-refractivity contribution is -0.142. The van der Waals surface area contributed by atoms with Crippen molar-refractivity contribution >= 4 is 16.8 Å². The van der Waals surface area contributed by atoms with Crippen molar-refractivity contribution in [3.05, 3.63) is 47.8 Å². The number of rotatable bonds is 6. The van der Waals surface area contributed by atoms with Gasteiger partial charge >= 0.3 is 5.97 Å². The Hall–Kier alpha value is -1.95. The van der Waals surface area contributed by atoms with Gasteiger partial charge in [-0.3, -0.25) is 14.1 Å². The van der Waals surface area contributed by atoms with E-state index in [9.17, 15) is 9.00 Å². The van der Waals surface area contributed by atoms with Gasteiger partial charge in [0.2, 0.25) is 0 Å². The third kappa shape index (κ3) is 4.31. The number of carbonyl (C=O) groups is 1. The molecular formula is C14H16N2O3S. The molecule has 0 spiro atoms. The molecule has 0 radical (unpaired) electrons. The first-order valence-electron chi connectivity index (χ1n) is 6.21. The highest BCUT2D eigenvalue weighted by atomic mass is 32.2. The molecule has 2 aromatic rings. The van der Waals surface area contributed by atoms with Crippen molar-refractivity contribution in [2.45, 2.75) is 17.7 Å². The summed E-state index contributed by atoms with van der Waals surface area (Å²) in [6.07, 6.45) is 5.98. The van der Waals surface area contributed by atoms with Crippen molar-refractivity contribution in [2.24, 2.45) is 0 Å². The number of ether oxygens (including phenoxy) is 1. The Morgan fingerprint density at radius 2 is 2.05 bits per heavy atom. The normalized spacial score (nSPS) is 12.1. The minimum absolute atomic E-state index is 0.224. The zero-order valence-electron chi connectivity index (χ0n) is 11.2. The molecule has 0 aliphatic heterocycles. The maximum absolute atomic E-state index is 11.7. The minimum atomic E-state index is -0.997. The summed E-state index contributed by atoms with van der Waals surface area (Å²) >= 11 is 0. The molecule has 1 aromatic carbocycles. The summed E-state index contributed by atoms with van der Waals surface area (Å²) in [5.41, 5.74) is 1.86. The number of aromatic nitrogens is 2. The number of nitrogens with zero attached hydrogens (tertiary/aromatic N) is 1. The molecule has 1 N–H and O–H groups in total. The Morgan fingerprint density at radius 3 is 2.65 bits per heavy atom. The van der Waals surface area contributed by atoms with Gasteiger partial charge < -0.3 is 4.74 Å². The van der Waals surface area contributed by atoms with E-state index in [1.54, 1.807) is 42.9 Å². The molecule has 0 amide bonds. The smallest absolute Gasteiger partial charge is 0.310 e. The SMILES string of the molecule is C[S@](=O)c1ccc(CC(=O)OCCc2cn[nH]c2)cc1. The lowest BCUT2D eigenvalue weighted by atomic mass is 10.1. The van der Waals surface area contributed by atoms with Crippen molar-refractivity contribution in [3.63, 3.8) is 0 Å². The lowest BCUT2D eigenvalue weighted by Gasteiger charge is -2.04. The fourth-order valence-electron chi connectivity index (χ4n) is 1.71. The second-order valence-electron chi connectivity index (χ2n) is 4.35. The van der Waals surface area contributed by atoms with E-state index >= 15 is 0 Å². The second-order valence-corrected chi connectivity index (χ2v) is 5.73. The molecule has 0 saturated heterocycles. The Morgan fingerprint density at radius 1 is 1.30 bits per heavy atom. The van der Waals surface area contributed by atoms with Gasteiger partial charge in [-0.15, -0.1) is 0 Å². The third-order valence-corrected chi connectivity index (χ3v) is 3.75. The molecule has 106 valence electrons. The van der Waals surface area contributed by atoms with Gasteiger partial charge in [0.25, 0.3) is 0 Å². The first kappa shape index (κ1) is 14.5. The largest absolute Gasteiger partial charge is 0.465 e. The van der Waals surface area contributed by atoms with Crippen molar-refractivity contribution < 1.29 is 13.7 Å². The van der Waals surface area contributed by atoms with E-state index in [0.717, 1.165) is 16.0 Å². The molecule has 0 fully saturated rings. The van der Waals surface area contributed by atoms with E-state index in [2.05, 4.69) is 10.2 Å². The highest BCUT2D eigenvalue weighted by molar-refractivity contribution is 7.84. The average molecular weight is 292 g/mol. The molecule has 1 atom stereocenters. The quantitative estimate of drug-likeness (QED) is 0.819. The van der Waals surface area contributed by atoms with E-state index in [-0.39, 0.29) is 12.4 Å². The summed E-state index contributed by atoms with van der Waals surface area (Å²) in [6, 6.07) is 7.14. The van der Waals surface area contributed by atoms with Crippen LogP contribution in [0, 0.1) is 0 Å². The highest BCUT2D eigenvalue weighted by Crippen LogP contribution is 2.09. The molecule has 5 nitrogen and oxygen atoms in total. The summed E-state index contributed by atoms with van der Waals surface area (Å²) in [5, 5.41) is 6.53. The van der Waals surface area contributed by atoms with E-state index < -0.39 is 10.8 Å². The zero-order valence-corrected chi connectivity index (χ0v) is 12.0. The lowest BCUT2D eigenvalue weighted by Crippen LogP contribution is -2.10. The first-order chi connectivity index (χ1) is 9.65. The van der Waals surface area contributed by atoms with Gasteiger partial charge in [0.05, 0.1) is 19.2 Å². The van der Waals surface area contributed by atoms with Crippen LogP contribution in [-0.2, 0) is 33.2 Å². The van der Waals surface area contributed by atoms with Gasteiger partial charge in [-0.05, 0) is 23.3 Å². The number of hydrogen-bond donors (Lipinski definition) is 1. The van der Waals surface area contributed by atoms with Gasteiger partial charge in [-0.1, -0.05) is 12.1 Å². The van der Waals surface area contributed by atoms with Gasteiger partial charge in [0.15, 0.2) is 0 Å². The van der Waals surface area contributed by atoms with Crippen LogP contribution in [0.25, 0.3) is 0 Å². The standard InChI is InChI=1S/C14H16N2O3S/c1-20(18)13-4-2-11(3-5-13)8-14(17)19-7-6-12-9-15-16-10-12/h2-5,9-10H,6-8H2,1H3,(H,15,16)/t20-/m0/s1. The van der Waals surface area contributed by atoms with Crippen LogP contribution in [0.15, 0.2) is 41.6 Å². The Kier molecular flexibility index (Phi) is 5.06. The van der Waals surface area contributed by atoms with Crippen molar-refractivity contribution in [1.29, 1.82) is 0 Å². The molecule has 0 aliphatic rings. The molecule has 20 heavy (non-hydrogen) atoms. The molecule has 0 unspecified atom stereocenters. The van der Waals surface area contributed by atoms with Crippen molar-refractivity contribution in [3.8, 4) is 0 Å². The third-order valence-electron chi connectivity index (χ3n) is 2.81. The average Bonchev–Trinajstić information content (AvgIpc) is 2.92. The summed E-state index contributed by atoms with van der Waals surface area (Å²) in [5.74, 6) is -0.265. The zero-order chi connectivity index (χ0) is 14.4. The Balaban J connectivity index is 1.77. The molecule has 1 heterocycles. The number of carbonyl (C=O) groups excluding carboxylic acids is 1. The van der Waals surface area contributed by atoms with Crippen LogP contribution in [0.2, 0.25) is 0 Å². The maximum Gasteiger partial charge on any atom is 0.310 e. The van der Waals surface area contributed by atoms with E-state index in [1.165, 1.54) is 0 Å². The summed E-state index contributed by atoms with van der Waals surface area (Å²) in [6.45, 7) is 0.343. The predicted octanol–water partition coefficient (Wildman–Crippen LogP) is 1.48. The first-order valence-corrected chi connectivity index (χ1v) is 7.76. The Bertz CT molecular complexity index is 579. The van der Waals surface area contributed by atoms with Gasteiger partial charge in [-0.2, -0.15) is 5.10 Å². The van der Waals surface area contributed by atoms with Crippen LogP contribution in [-0.4, -0.2) is 33.2 Å². The number of H-pyrrole nitrogens is 1. The topological polar surface area (TPSA) is 72.1 Å². The van der Waals surface area contributed by atoms with Gasteiger partial charge in [-0.25, -0.2) is 0 Å². The number of esters is 1. The summed E-state index contributed by atoms with van der Waals surface area (Å²) in [7, 11) is -0.997. The molecule has 0 saturated carbocycles. The van der Waals surface area contributed by atoms with Crippen LogP contribution in [0.3, 0.4) is 0 Å². The van der Waals surface area contributed by atoms with Gasteiger partial charge in [0.1, 0.15) is 0 Å². The molecule has 2 rings (SSSR count). The maximum atomic E-state index is 11.7. The van der Waals surface area contributed by atoms with Crippen LogP contribution >= 0.6 is 0 Å². The fourth-order valence-corrected chi connectivity index (χ4v) is 2.23. The molecule has 1 aromatic heterocycles. The summed E-state index contributed by atoms with van der Waals surface area (Å²) in [4.78, 5) is 12.4. The number of benzene rings is 1. The van der Waals surface area contributed by atoms with E-state index in [1.807, 2.05) is 0 Å².